The number of nitrogens with zero attached hydrogens (tertiary/aromatic N) is 1. The molecule has 2 aliphatic heterocycles. The first kappa shape index (κ1) is 15.4. The zero-order chi connectivity index (χ0) is 16.5. The van der Waals surface area contributed by atoms with E-state index >= 15 is 0 Å². The van der Waals surface area contributed by atoms with Gasteiger partial charge >= 0.3 is 5.97 Å². The molecule has 4 atom stereocenters. The fraction of sp³-hybridized carbons (Fsp3) is 0.381. The van der Waals surface area contributed by atoms with Crippen LogP contribution in [-0.2, 0) is 4.74 Å². The van der Waals surface area contributed by atoms with Crippen LogP contribution in [-0.4, -0.2) is 36.1 Å². The van der Waals surface area contributed by atoms with E-state index in [2.05, 4.69) is 42.3 Å². The van der Waals surface area contributed by atoms with E-state index in [9.17, 15) is 4.79 Å². The highest BCUT2D eigenvalue weighted by Gasteiger charge is 2.46. The predicted octanol–water partition coefficient (Wildman–Crippen LogP) is 3.86. The van der Waals surface area contributed by atoms with Crippen molar-refractivity contribution in [2.75, 3.05) is 7.05 Å². The van der Waals surface area contributed by atoms with Crippen LogP contribution in [0.5, 0.6) is 0 Å². The highest BCUT2D eigenvalue weighted by Crippen LogP contribution is 2.44. The minimum atomic E-state index is -0.194. The van der Waals surface area contributed by atoms with Gasteiger partial charge in [-0.1, -0.05) is 48.5 Å². The van der Waals surface area contributed by atoms with Gasteiger partial charge in [-0.15, -0.1) is 0 Å². The lowest BCUT2D eigenvalue weighted by Gasteiger charge is -2.36. The van der Waals surface area contributed by atoms with Gasteiger partial charge in [0.1, 0.15) is 6.10 Å². The Morgan fingerprint density at radius 3 is 2.33 bits per heavy atom. The third-order valence-electron chi connectivity index (χ3n) is 5.64. The van der Waals surface area contributed by atoms with Crippen molar-refractivity contribution in [2.24, 2.45) is 0 Å². The summed E-state index contributed by atoms with van der Waals surface area (Å²) in [5.41, 5.74) is 2.05. The van der Waals surface area contributed by atoms with Crippen molar-refractivity contribution in [2.45, 2.75) is 43.4 Å². The molecule has 2 fully saturated rings. The zero-order valence-corrected chi connectivity index (χ0v) is 14.0. The number of ether oxygens (including phenoxy) is 1. The van der Waals surface area contributed by atoms with Crippen molar-refractivity contribution in [3.63, 3.8) is 0 Å². The SMILES string of the molecule is CN1[C@H]2C[C@H](OC(=O)c3ccccc3)C[C@@H]1[C@@H](c1ccccc1)C2. The quantitative estimate of drug-likeness (QED) is 0.804. The molecule has 124 valence electrons. The number of esters is 1. The Bertz CT molecular complexity index is 700. The molecule has 4 rings (SSSR count). The van der Waals surface area contributed by atoms with Gasteiger partial charge in [-0.05, 0) is 31.2 Å². The van der Waals surface area contributed by atoms with E-state index in [0.29, 0.717) is 23.6 Å². The van der Waals surface area contributed by atoms with Gasteiger partial charge in [0.2, 0.25) is 0 Å². The van der Waals surface area contributed by atoms with E-state index in [1.807, 2.05) is 30.3 Å². The van der Waals surface area contributed by atoms with Crippen LogP contribution < -0.4 is 0 Å². The van der Waals surface area contributed by atoms with Crippen molar-refractivity contribution in [3.8, 4) is 0 Å². The molecule has 0 amide bonds. The van der Waals surface area contributed by atoms with Crippen LogP contribution >= 0.6 is 0 Å². The van der Waals surface area contributed by atoms with E-state index in [4.69, 9.17) is 4.74 Å². The molecular formula is C21H23NO2. The zero-order valence-electron chi connectivity index (χ0n) is 14.0. The molecule has 2 aromatic carbocycles. The summed E-state index contributed by atoms with van der Waals surface area (Å²) in [6.07, 6.45) is 3.04. The highest BCUT2D eigenvalue weighted by molar-refractivity contribution is 5.89. The van der Waals surface area contributed by atoms with Gasteiger partial charge in [0, 0.05) is 30.8 Å². The maximum absolute atomic E-state index is 12.3. The lowest BCUT2D eigenvalue weighted by Crippen LogP contribution is -2.44. The molecule has 2 aromatic rings. The third kappa shape index (κ3) is 2.84. The Balaban J connectivity index is 1.47. The normalized spacial score (nSPS) is 29.4. The fourth-order valence-corrected chi connectivity index (χ4v) is 4.38. The minimum absolute atomic E-state index is 0.0256. The van der Waals surface area contributed by atoms with Crippen LogP contribution in [0.3, 0.4) is 0 Å². The molecule has 2 bridgehead atoms. The maximum Gasteiger partial charge on any atom is 0.338 e. The Morgan fingerprint density at radius 1 is 0.958 bits per heavy atom. The molecule has 0 radical (unpaired) electrons. The van der Waals surface area contributed by atoms with Gasteiger partial charge in [-0.25, -0.2) is 4.79 Å². The van der Waals surface area contributed by atoms with Crippen molar-refractivity contribution < 1.29 is 9.53 Å². The number of piperidine rings is 1. The second-order valence-electron chi connectivity index (χ2n) is 7.00. The number of likely N-dealkylation sites (N-methyl/N-ethyl adjacent to an activating group) is 1. The van der Waals surface area contributed by atoms with Crippen LogP contribution in [0.2, 0.25) is 0 Å². The van der Waals surface area contributed by atoms with Crippen molar-refractivity contribution in [1.29, 1.82) is 0 Å². The van der Waals surface area contributed by atoms with Crippen molar-refractivity contribution >= 4 is 5.97 Å². The first-order chi connectivity index (χ1) is 11.7. The molecule has 0 unspecified atom stereocenters. The largest absolute Gasteiger partial charge is 0.459 e. The second kappa shape index (κ2) is 6.40. The molecule has 2 aliphatic rings. The average Bonchev–Trinajstić information content (AvgIpc) is 2.81. The molecule has 0 spiro atoms. The van der Waals surface area contributed by atoms with Gasteiger partial charge in [-0.2, -0.15) is 0 Å². The number of benzene rings is 2. The Labute approximate surface area is 143 Å². The van der Waals surface area contributed by atoms with E-state index < -0.39 is 0 Å². The number of fused-ring (bicyclic) bond motifs is 2. The van der Waals surface area contributed by atoms with Crippen LogP contribution in [0.4, 0.5) is 0 Å². The summed E-state index contributed by atoms with van der Waals surface area (Å²) < 4.78 is 5.83. The average molecular weight is 321 g/mol. The van der Waals surface area contributed by atoms with Crippen molar-refractivity contribution in [1.82, 2.24) is 4.90 Å². The van der Waals surface area contributed by atoms with Gasteiger partial charge in [-0.3, -0.25) is 4.90 Å². The standard InChI is InChI=1S/C21H23NO2/c1-22-17-12-18(24-21(23)16-10-6-3-7-11-16)14-20(22)19(13-17)15-8-4-2-5-9-15/h2-11,17-20H,12-14H2,1H3/t17-,18-,19+,20+/m0/s1. The maximum atomic E-state index is 12.3. The lowest BCUT2D eigenvalue weighted by molar-refractivity contribution is -0.00129. The first-order valence-corrected chi connectivity index (χ1v) is 8.75. The summed E-state index contributed by atoms with van der Waals surface area (Å²) in [6, 6.07) is 21.0. The Morgan fingerprint density at radius 2 is 1.62 bits per heavy atom. The molecule has 0 saturated carbocycles. The van der Waals surface area contributed by atoms with Crippen molar-refractivity contribution in [3.05, 3.63) is 71.8 Å². The van der Waals surface area contributed by atoms with E-state index in [0.717, 1.165) is 19.3 Å². The molecule has 3 nitrogen and oxygen atoms in total. The van der Waals surface area contributed by atoms with Gasteiger partial charge in [0.15, 0.2) is 0 Å². The monoisotopic (exact) mass is 321 g/mol. The third-order valence-corrected chi connectivity index (χ3v) is 5.64. The molecule has 3 heteroatoms. The van der Waals surface area contributed by atoms with Gasteiger partial charge in [0.25, 0.3) is 0 Å². The molecule has 2 saturated heterocycles. The number of rotatable bonds is 3. The molecule has 0 aliphatic carbocycles. The first-order valence-electron chi connectivity index (χ1n) is 8.75. The molecule has 0 N–H and O–H groups in total. The predicted molar refractivity (Wildman–Crippen MR) is 94.0 cm³/mol. The smallest absolute Gasteiger partial charge is 0.338 e. The minimum Gasteiger partial charge on any atom is -0.459 e. The molecule has 0 aromatic heterocycles. The lowest BCUT2D eigenvalue weighted by atomic mass is 9.90. The Hall–Kier alpha value is -2.13. The molecule has 2 heterocycles. The molecular weight excluding hydrogens is 298 g/mol. The van der Waals surface area contributed by atoms with E-state index in [-0.39, 0.29) is 12.1 Å². The fourth-order valence-electron chi connectivity index (χ4n) is 4.38. The van der Waals surface area contributed by atoms with Crippen LogP contribution in [0, 0.1) is 0 Å². The summed E-state index contributed by atoms with van der Waals surface area (Å²) in [7, 11) is 2.22. The summed E-state index contributed by atoms with van der Waals surface area (Å²) >= 11 is 0. The second-order valence-corrected chi connectivity index (χ2v) is 7.00. The van der Waals surface area contributed by atoms with Gasteiger partial charge < -0.3 is 4.74 Å². The summed E-state index contributed by atoms with van der Waals surface area (Å²) in [6.45, 7) is 0. The summed E-state index contributed by atoms with van der Waals surface area (Å²) in [5.74, 6) is 0.349. The summed E-state index contributed by atoms with van der Waals surface area (Å²) in [4.78, 5) is 14.8. The number of carbonyl (C=O) groups is 1. The van der Waals surface area contributed by atoms with Gasteiger partial charge in [0.05, 0.1) is 5.56 Å². The number of hydrogen-bond acceptors (Lipinski definition) is 3. The number of carbonyl (C=O) groups excluding carboxylic acids is 1. The highest BCUT2D eigenvalue weighted by atomic mass is 16.5. The van der Waals surface area contributed by atoms with E-state index in [1.165, 1.54) is 5.56 Å². The van der Waals surface area contributed by atoms with Crippen LogP contribution in [0.15, 0.2) is 60.7 Å². The number of hydrogen-bond donors (Lipinski definition) is 0. The van der Waals surface area contributed by atoms with Crippen LogP contribution in [0.25, 0.3) is 0 Å². The van der Waals surface area contributed by atoms with Crippen LogP contribution in [0.1, 0.15) is 41.1 Å². The Kier molecular flexibility index (Phi) is 4.11. The van der Waals surface area contributed by atoms with E-state index in [1.54, 1.807) is 0 Å². The topological polar surface area (TPSA) is 29.5 Å². The summed E-state index contributed by atoms with van der Waals surface area (Å²) in [5, 5.41) is 0. The molecule has 24 heavy (non-hydrogen) atoms.